The van der Waals surface area contributed by atoms with Gasteiger partial charge < -0.3 is 20.8 Å². The molecule has 42 heavy (non-hydrogen) atoms. The maximum atomic E-state index is 13.1. The summed E-state index contributed by atoms with van der Waals surface area (Å²) in [5.41, 5.74) is -0.0676. The van der Waals surface area contributed by atoms with Crippen LogP contribution in [0, 0.1) is 11.8 Å². The second-order valence-corrected chi connectivity index (χ2v) is 10.6. The Labute approximate surface area is 252 Å². The first kappa shape index (κ1) is 36.2. The van der Waals surface area contributed by atoms with E-state index in [-0.39, 0.29) is 34.7 Å². The third kappa shape index (κ3) is 15.8. The molecule has 0 aromatic heterocycles. The number of aromatic hydroxyl groups is 1. The maximum Gasteiger partial charge on any atom is 0.339 e. The van der Waals surface area contributed by atoms with Crippen molar-refractivity contribution in [3.8, 4) is 5.75 Å². The van der Waals surface area contributed by atoms with Crippen molar-refractivity contribution in [1.29, 1.82) is 0 Å². The van der Waals surface area contributed by atoms with Crippen LogP contribution in [0.3, 0.4) is 0 Å². The minimum atomic E-state index is -1.30. The number of anilines is 1. The summed E-state index contributed by atoms with van der Waals surface area (Å²) in [5.74, 6) is -2.34. The fraction of sp³-hybridized carbons (Fsp3) is 0.457. The first-order valence-corrected chi connectivity index (χ1v) is 15.1. The highest BCUT2D eigenvalue weighted by molar-refractivity contribution is 5.99. The summed E-state index contributed by atoms with van der Waals surface area (Å²) in [5, 5.41) is 24.5. The SMILES string of the molecule is CC/C=C\C/C=C\C/C=C\C/C=C\C/C=C\CCC(CC)C(=O)NC(CC(C)C)C(=O)Nc1ccc(O)c(C(=O)O)c1. The standard InChI is InChI=1S/C35H50N2O5/c1-5-7-8-9-10-11-12-13-14-15-16-17-18-19-20-21-22-28(6-2)33(39)37-31(25-27(3)4)34(40)36-29-23-24-32(38)30(26-29)35(41)42/h7-8,10-11,13-14,16-17,19-20,23-24,26-28,31,38H,5-6,9,12,15,18,21-22,25H2,1-4H3,(H,36,40)(H,37,39)(H,41,42)/b8-7-,11-10-,14-13-,17-16-,20-19-. The van der Waals surface area contributed by atoms with Gasteiger partial charge in [-0.1, -0.05) is 88.5 Å². The summed E-state index contributed by atoms with van der Waals surface area (Å²) in [4.78, 5) is 37.4. The van der Waals surface area contributed by atoms with E-state index in [2.05, 4.69) is 78.3 Å². The van der Waals surface area contributed by atoms with Crippen molar-refractivity contribution in [2.45, 2.75) is 91.5 Å². The summed E-state index contributed by atoms with van der Waals surface area (Å²) in [6, 6.07) is 3.08. The van der Waals surface area contributed by atoms with Crippen molar-refractivity contribution in [1.82, 2.24) is 5.32 Å². The van der Waals surface area contributed by atoms with Crippen LogP contribution in [0.2, 0.25) is 0 Å². The molecular weight excluding hydrogens is 528 g/mol. The minimum Gasteiger partial charge on any atom is -0.507 e. The van der Waals surface area contributed by atoms with Crippen molar-refractivity contribution in [2.24, 2.45) is 11.8 Å². The number of nitrogens with one attached hydrogen (secondary N) is 2. The molecule has 2 atom stereocenters. The fourth-order valence-electron chi connectivity index (χ4n) is 4.19. The van der Waals surface area contributed by atoms with E-state index in [1.807, 2.05) is 20.8 Å². The van der Waals surface area contributed by atoms with Crippen molar-refractivity contribution in [3.63, 3.8) is 0 Å². The van der Waals surface area contributed by atoms with Crippen LogP contribution in [0.5, 0.6) is 5.75 Å². The first-order valence-electron chi connectivity index (χ1n) is 15.1. The van der Waals surface area contributed by atoms with Crippen LogP contribution in [0.25, 0.3) is 0 Å². The number of amides is 2. The Balaban J connectivity index is 2.51. The summed E-state index contributed by atoms with van der Waals surface area (Å²) < 4.78 is 0. The summed E-state index contributed by atoms with van der Waals surface area (Å²) >= 11 is 0. The number of benzene rings is 1. The number of phenols is 1. The number of hydrogen-bond acceptors (Lipinski definition) is 4. The van der Waals surface area contributed by atoms with E-state index in [9.17, 15) is 24.6 Å². The van der Waals surface area contributed by atoms with Gasteiger partial charge in [-0.2, -0.15) is 0 Å². The van der Waals surface area contributed by atoms with E-state index in [0.29, 0.717) is 19.3 Å². The molecule has 0 aliphatic rings. The predicted octanol–water partition coefficient (Wildman–Crippen LogP) is 8.12. The molecule has 2 unspecified atom stereocenters. The first-order chi connectivity index (χ1) is 20.2. The lowest BCUT2D eigenvalue weighted by atomic mass is 9.97. The molecule has 2 amide bonds. The smallest absolute Gasteiger partial charge is 0.339 e. The van der Waals surface area contributed by atoms with Crippen LogP contribution < -0.4 is 10.6 Å². The zero-order chi connectivity index (χ0) is 31.2. The fourth-order valence-corrected chi connectivity index (χ4v) is 4.19. The topological polar surface area (TPSA) is 116 Å². The third-order valence-corrected chi connectivity index (χ3v) is 6.54. The Hall–Kier alpha value is -3.87. The van der Waals surface area contributed by atoms with Crippen molar-refractivity contribution in [3.05, 3.63) is 84.5 Å². The van der Waals surface area contributed by atoms with Gasteiger partial charge in [0.2, 0.25) is 11.8 Å². The Morgan fingerprint density at radius 2 is 1.36 bits per heavy atom. The van der Waals surface area contributed by atoms with Gasteiger partial charge in [0.05, 0.1) is 0 Å². The molecule has 7 heteroatoms. The van der Waals surface area contributed by atoms with E-state index in [1.165, 1.54) is 18.2 Å². The minimum absolute atomic E-state index is 0.150. The number of rotatable bonds is 20. The van der Waals surface area contributed by atoms with Crippen LogP contribution in [0.15, 0.2) is 79.0 Å². The van der Waals surface area contributed by atoms with Crippen molar-refractivity contribution in [2.75, 3.05) is 5.32 Å². The quantitative estimate of drug-likeness (QED) is 0.0921. The number of carbonyl (C=O) groups is 3. The van der Waals surface area contributed by atoms with Gasteiger partial charge in [0.1, 0.15) is 17.4 Å². The second kappa shape index (κ2) is 21.8. The highest BCUT2D eigenvalue weighted by atomic mass is 16.4. The zero-order valence-corrected chi connectivity index (χ0v) is 25.7. The molecule has 1 rings (SSSR count). The van der Waals surface area contributed by atoms with Gasteiger partial charge in [-0.25, -0.2) is 4.79 Å². The monoisotopic (exact) mass is 578 g/mol. The number of allylic oxidation sites excluding steroid dienone is 10. The van der Waals surface area contributed by atoms with Gasteiger partial charge in [-0.05, 0) is 81.9 Å². The van der Waals surface area contributed by atoms with Gasteiger partial charge in [0, 0.05) is 11.6 Å². The Morgan fingerprint density at radius 1 is 0.810 bits per heavy atom. The molecule has 1 aromatic carbocycles. The molecule has 0 radical (unpaired) electrons. The van der Waals surface area contributed by atoms with Crippen LogP contribution in [-0.4, -0.2) is 34.0 Å². The zero-order valence-electron chi connectivity index (χ0n) is 25.7. The van der Waals surface area contributed by atoms with E-state index in [0.717, 1.165) is 38.5 Å². The molecule has 230 valence electrons. The molecule has 0 bridgehead atoms. The number of hydrogen-bond donors (Lipinski definition) is 4. The van der Waals surface area contributed by atoms with Crippen LogP contribution in [-0.2, 0) is 9.59 Å². The van der Waals surface area contributed by atoms with E-state index in [4.69, 9.17) is 0 Å². The summed E-state index contributed by atoms with van der Waals surface area (Å²) in [6.45, 7) is 8.03. The summed E-state index contributed by atoms with van der Waals surface area (Å²) in [7, 11) is 0. The molecule has 0 fully saturated rings. The highest BCUT2D eigenvalue weighted by Crippen LogP contribution is 2.22. The molecule has 0 saturated carbocycles. The number of carboxylic acids is 1. The lowest BCUT2D eigenvalue weighted by Gasteiger charge is -2.23. The average molecular weight is 579 g/mol. The molecule has 0 aliphatic heterocycles. The number of carboxylic acid groups (broad SMARTS) is 1. The Morgan fingerprint density at radius 3 is 1.86 bits per heavy atom. The van der Waals surface area contributed by atoms with Crippen LogP contribution in [0.4, 0.5) is 5.69 Å². The van der Waals surface area contributed by atoms with Crippen LogP contribution >= 0.6 is 0 Å². The Bertz CT molecular complexity index is 1110. The van der Waals surface area contributed by atoms with Gasteiger partial charge in [0.15, 0.2) is 0 Å². The molecule has 0 saturated heterocycles. The second-order valence-electron chi connectivity index (χ2n) is 10.6. The van der Waals surface area contributed by atoms with Crippen LogP contribution in [0.1, 0.15) is 95.8 Å². The van der Waals surface area contributed by atoms with Crippen molar-refractivity contribution < 1.29 is 24.6 Å². The molecule has 0 spiro atoms. The predicted molar refractivity (Wildman–Crippen MR) is 173 cm³/mol. The van der Waals surface area contributed by atoms with Gasteiger partial charge >= 0.3 is 5.97 Å². The van der Waals surface area contributed by atoms with E-state index in [1.54, 1.807) is 0 Å². The lowest BCUT2D eigenvalue weighted by Crippen LogP contribution is -2.46. The third-order valence-electron chi connectivity index (χ3n) is 6.54. The average Bonchev–Trinajstić information content (AvgIpc) is 2.95. The Kier molecular flexibility index (Phi) is 18.8. The van der Waals surface area contributed by atoms with Gasteiger partial charge in [-0.15, -0.1) is 0 Å². The largest absolute Gasteiger partial charge is 0.507 e. The van der Waals surface area contributed by atoms with Gasteiger partial charge in [-0.3, -0.25) is 9.59 Å². The normalized spacial score (nSPS) is 13.6. The summed E-state index contributed by atoms with van der Waals surface area (Å²) in [6.07, 6.45) is 28.9. The molecule has 1 aromatic rings. The molecule has 0 heterocycles. The molecule has 0 aliphatic carbocycles. The molecule has 4 N–H and O–H groups in total. The van der Waals surface area contributed by atoms with E-state index < -0.39 is 17.9 Å². The van der Waals surface area contributed by atoms with Gasteiger partial charge in [0.25, 0.3) is 0 Å². The maximum absolute atomic E-state index is 13.1. The van der Waals surface area contributed by atoms with Crippen molar-refractivity contribution >= 4 is 23.5 Å². The number of aromatic carboxylic acids is 1. The lowest BCUT2D eigenvalue weighted by molar-refractivity contribution is -0.129. The van der Waals surface area contributed by atoms with E-state index >= 15 is 0 Å². The highest BCUT2D eigenvalue weighted by Gasteiger charge is 2.25. The molecular formula is C35H50N2O5. The number of carbonyl (C=O) groups excluding carboxylic acids is 2. The molecule has 7 nitrogen and oxygen atoms in total.